The van der Waals surface area contributed by atoms with Crippen molar-refractivity contribution in [3.05, 3.63) is 49.1 Å². The fourth-order valence-corrected chi connectivity index (χ4v) is 4.51. The van der Waals surface area contributed by atoms with E-state index >= 15 is 0 Å². The maximum atomic E-state index is 13.1. The van der Waals surface area contributed by atoms with Gasteiger partial charge in [-0.1, -0.05) is 34.5 Å². The zero-order valence-electron chi connectivity index (χ0n) is 13.2. The summed E-state index contributed by atoms with van der Waals surface area (Å²) in [6.45, 7) is -0.373. The van der Waals surface area contributed by atoms with Gasteiger partial charge in [0, 0.05) is 18.1 Å². The monoisotopic (exact) mass is 433 g/mol. The Bertz CT molecular complexity index is 1160. The van der Waals surface area contributed by atoms with E-state index < -0.39 is 17.4 Å². The molecular formula is C15H8Cl2F3N5OS. The van der Waals surface area contributed by atoms with Crippen LogP contribution in [0.25, 0.3) is 4.96 Å². The molecular weight excluding hydrogens is 426 g/mol. The van der Waals surface area contributed by atoms with Gasteiger partial charge < -0.3 is 0 Å². The molecule has 0 N–H and O–H groups in total. The van der Waals surface area contributed by atoms with Crippen LogP contribution < -0.4 is 5.56 Å². The van der Waals surface area contributed by atoms with Gasteiger partial charge in [-0.2, -0.15) is 23.5 Å². The van der Waals surface area contributed by atoms with Crippen LogP contribution in [0.5, 0.6) is 0 Å². The summed E-state index contributed by atoms with van der Waals surface area (Å²) in [5.41, 5.74) is -0.870. The topological polar surface area (TPSA) is 76.0 Å². The molecule has 3 aromatic rings. The summed E-state index contributed by atoms with van der Waals surface area (Å²) < 4.78 is 41.5. The highest BCUT2D eigenvalue weighted by Gasteiger charge is 2.42. The second-order valence-corrected chi connectivity index (χ2v) is 8.02. The maximum Gasteiger partial charge on any atom is 0.433 e. The predicted octanol–water partition coefficient (Wildman–Crippen LogP) is 3.95. The van der Waals surface area contributed by atoms with Gasteiger partial charge in [0.25, 0.3) is 5.56 Å². The highest BCUT2D eigenvalue weighted by molar-refractivity contribution is 7.21. The Kier molecular flexibility index (Phi) is 4.21. The number of hydrogen-bond donors (Lipinski definition) is 0. The number of nitrogens with zero attached hydrogens (tertiary/aromatic N) is 5. The number of alkyl halides is 3. The lowest BCUT2D eigenvalue weighted by Crippen LogP contribution is -2.20. The van der Waals surface area contributed by atoms with E-state index in [-0.39, 0.29) is 34.2 Å². The summed E-state index contributed by atoms with van der Waals surface area (Å²) in [6, 6.07) is 3.98. The largest absolute Gasteiger partial charge is 0.433 e. The molecule has 4 rings (SSSR count). The number of thiazole rings is 1. The maximum absolute atomic E-state index is 13.1. The summed E-state index contributed by atoms with van der Waals surface area (Å²) in [4.78, 5) is 17.1. The summed E-state index contributed by atoms with van der Waals surface area (Å²) in [5, 5.41) is 12.3. The Balaban J connectivity index is 1.76. The van der Waals surface area contributed by atoms with Gasteiger partial charge in [-0.25, -0.2) is 4.98 Å². The lowest BCUT2D eigenvalue weighted by molar-refractivity contribution is -0.144. The molecule has 1 aliphatic rings. The van der Waals surface area contributed by atoms with E-state index in [1.165, 1.54) is 4.40 Å². The standard InChI is InChI=1S/C15H8Cl2F3N5OS/c16-10-3-9(15(18,19)20)24(23-10)5-7-2-11(26)25-12(8-1-6(8)4-21)13(17)27-14(25)22-7/h2-3,6,8H,1,5H2. The molecule has 140 valence electrons. The highest BCUT2D eigenvalue weighted by atomic mass is 35.5. The van der Waals surface area contributed by atoms with Gasteiger partial charge in [-0.05, 0) is 6.42 Å². The second kappa shape index (κ2) is 6.22. The number of nitriles is 1. The summed E-state index contributed by atoms with van der Waals surface area (Å²) >= 11 is 12.9. The number of aromatic nitrogens is 4. The minimum Gasteiger partial charge on any atom is -0.269 e. The molecule has 1 saturated carbocycles. The SMILES string of the molecule is N#CC1CC1c1c(Cl)sc2nc(Cn3nc(Cl)cc3C(F)(F)F)cc(=O)n12. The lowest BCUT2D eigenvalue weighted by Gasteiger charge is -2.09. The van der Waals surface area contributed by atoms with Crippen molar-refractivity contribution in [3.8, 4) is 6.07 Å². The fraction of sp³-hybridized carbons (Fsp3) is 0.333. The van der Waals surface area contributed by atoms with Gasteiger partial charge >= 0.3 is 6.18 Å². The third-order valence-electron chi connectivity index (χ3n) is 4.22. The molecule has 3 aromatic heterocycles. The van der Waals surface area contributed by atoms with Gasteiger partial charge in [-0.15, -0.1) is 0 Å². The number of halogens is 5. The first-order valence-corrected chi connectivity index (χ1v) is 9.17. The molecule has 1 fully saturated rings. The first-order valence-electron chi connectivity index (χ1n) is 7.60. The summed E-state index contributed by atoms with van der Waals surface area (Å²) in [5.74, 6) is -0.337. The van der Waals surface area contributed by atoms with Crippen molar-refractivity contribution in [2.45, 2.75) is 25.1 Å². The van der Waals surface area contributed by atoms with Crippen LogP contribution in [0.3, 0.4) is 0 Å². The van der Waals surface area contributed by atoms with E-state index in [9.17, 15) is 18.0 Å². The van der Waals surface area contributed by atoms with Crippen LogP contribution in [0.1, 0.15) is 29.4 Å². The Labute approximate surface area is 163 Å². The molecule has 0 aliphatic heterocycles. The normalized spacial score (nSPS) is 19.4. The van der Waals surface area contributed by atoms with E-state index in [1.54, 1.807) is 0 Å². The van der Waals surface area contributed by atoms with E-state index in [1.807, 2.05) is 0 Å². The molecule has 6 nitrogen and oxygen atoms in total. The molecule has 2 atom stereocenters. The Morgan fingerprint density at radius 1 is 1.37 bits per heavy atom. The molecule has 12 heteroatoms. The number of rotatable bonds is 3. The molecule has 1 aliphatic carbocycles. The van der Waals surface area contributed by atoms with Crippen molar-refractivity contribution in [2.24, 2.45) is 5.92 Å². The van der Waals surface area contributed by atoms with Crippen LogP contribution in [0.4, 0.5) is 13.2 Å². The van der Waals surface area contributed by atoms with Crippen molar-refractivity contribution < 1.29 is 13.2 Å². The molecule has 0 radical (unpaired) electrons. The lowest BCUT2D eigenvalue weighted by atomic mass is 10.2. The quantitative estimate of drug-likeness (QED) is 0.626. The van der Waals surface area contributed by atoms with Gasteiger partial charge in [0.1, 0.15) is 10.0 Å². The predicted molar refractivity (Wildman–Crippen MR) is 92.2 cm³/mol. The van der Waals surface area contributed by atoms with Crippen LogP contribution >= 0.6 is 34.5 Å². The average Bonchev–Trinajstić information content (AvgIpc) is 3.12. The molecule has 3 heterocycles. The fourth-order valence-electron chi connectivity index (χ4n) is 2.94. The van der Waals surface area contributed by atoms with Crippen molar-refractivity contribution in [3.63, 3.8) is 0 Å². The molecule has 0 aromatic carbocycles. The van der Waals surface area contributed by atoms with Gasteiger partial charge in [0.2, 0.25) is 0 Å². The van der Waals surface area contributed by atoms with Crippen LogP contribution in [0.2, 0.25) is 9.49 Å². The van der Waals surface area contributed by atoms with E-state index in [4.69, 9.17) is 28.5 Å². The van der Waals surface area contributed by atoms with Gasteiger partial charge in [0.05, 0.1) is 29.9 Å². The Hall–Kier alpha value is -2.09. The molecule has 27 heavy (non-hydrogen) atoms. The summed E-state index contributed by atoms with van der Waals surface area (Å²) in [7, 11) is 0. The minimum absolute atomic E-state index is 0.0994. The number of fused-ring (bicyclic) bond motifs is 1. The molecule has 0 amide bonds. The first-order chi connectivity index (χ1) is 12.7. The van der Waals surface area contributed by atoms with Crippen LogP contribution in [0.15, 0.2) is 16.9 Å². The van der Waals surface area contributed by atoms with Crippen molar-refractivity contribution in [1.29, 1.82) is 5.26 Å². The Morgan fingerprint density at radius 2 is 2.11 bits per heavy atom. The van der Waals surface area contributed by atoms with E-state index in [0.717, 1.165) is 17.4 Å². The zero-order chi connectivity index (χ0) is 19.5. The number of hydrogen-bond acceptors (Lipinski definition) is 5. The second-order valence-electron chi connectivity index (χ2n) is 6.05. The van der Waals surface area contributed by atoms with Crippen molar-refractivity contribution in [2.75, 3.05) is 0 Å². The van der Waals surface area contributed by atoms with Crippen LogP contribution in [0, 0.1) is 17.2 Å². The minimum atomic E-state index is -4.64. The third-order valence-corrected chi connectivity index (χ3v) is 5.68. The summed E-state index contributed by atoms with van der Waals surface area (Å²) in [6.07, 6.45) is -4.03. The van der Waals surface area contributed by atoms with E-state index in [2.05, 4.69) is 16.2 Å². The Morgan fingerprint density at radius 3 is 2.74 bits per heavy atom. The first kappa shape index (κ1) is 18.3. The average molecular weight is 434 g/mol. The molecule has 0 spiro atoms. The van der Waals surface area contributed by atoms with Gasteiger partial charge in [-0.3, -0.25) is 13.9 Å². The molecule has 2 unspecified atom stereocenters. The van der Waals surface area contributed by atoms with Crippen LogP contribution in [-0.2, 0) is 12.7 Å². The third kappa shape index (κ3) is 3.20. The van der Waals surface area contributed by atoms with Gasteiger partial charge in [0.15, 0.2) is 10.1 Å². The van der Waals surface area contributed by atoms with Crippen molar-refractivity contribution >= 4 is 39.5 Å². The zero-order valence-corrected chi connectivity index (χ0v) is 15.5. The van der Waals surface area contributed by atoms with E-state index in [0.29, 0.717) is 27.2 Å². The molecule has 0 bridgehead atoms. The molecule has 0 saturated heterocycles. The van der Waals surface area contributed by atoms with Crippen molar-refractivity contribution in [1.82, 2.24) is 19.2 Å². The smallest absolute Gasteiger partial charge is 0.269 e. The highest BCUT2D eigenvalue weighted by Crippen LogP contribution is 2.50. The van der Waals surface area contributed by atoms with Crippen LogP contribution in [-0.4, -0.2) is 19.2 Å².